The van der Waals surface area contributed by atoms with Gasteiger partial charge in [0, 0.05) is 29.0 Å². The summed E-state index contributed by atoms with van der Waals surface area (Å²) in [6, 6.07) is 24.6. The molecule has 5 rings (SSSR count). The van der Waals surface area contributed by atoms with Crippen molar-refractivity contribution in [2.24, 2.45) is 5.92 Å². The van der Waals surface area contributed by atoms with E-state index in [2.05, 4.69) is 0 Å². The van der Waals surface area contributed by atoms with E-state index >= 15 is 0 Å². The molecule has 1 aliphatic rings. The number of carbonyl (C=O) groups is 3. The largest absolute Gasteiger partial charge is 0.528 e. The van der Waals surface area contributed by atoms with Crippen molar-refractivity contribution in [1.82, 2.24) is 5.06 Å². The number of rotatable bonds is 8. The minimum atomic E-state index is -1.14. The average molecular weight is 640 g/mol. The molecule has 43 heavy (non-hydrogen) atoms. The zero-order valence-electron chi connectivity index (χ0n) is 23.1. The lowest BCUT2D eigenvalue weighted by molar-refractivity contribution is -0.149. The van der Waals surface area contributed by atoms with Gasteiger partial charge >= 0.3 is 12.1 Å². The predicted octanol–water partition coefficient (Wildman–Crippen LogP) is 8.05. The molecule has 0 saturated carbocycles. The smallest absolute Gasteiger partial charge is 0.477 e. The summed E-state index contributed by atoms with van der Waals surface area (Å²) in [6.07, 6.45) is -0.437. The Morgan fingerprint density at radius 1 is 1.00 bits per heavy atom. The van der Waals surface area contributed by atoms with Gasteiger partial charge < -0.3 is 19.6 Å². The fourth-order valence-corrected chi connectivity index (χ4v) is 6.58. The Balaban J connectivity index is 1.42. The molecule has 1 fully saturated rings. The number of amides is 1. The highest BCUT2D eigenvalue weighted by Crippen LogP contribution is 2.41. The van der Waals surface area contributed by atoms with E-state index in [0.717, 1.165) is 22.5 Å². The standard InChI is InChI=1S/C32H28Cl2N2O6S/c1-20-18-35(42-32(40)41-19-21-8-4-2-5-9-21)15-14-26(20)36(30(37)24-13-12-23(33)16-25(24)34)27-17-28(43-29(27)31(38)39)22-10-6-3-7-11-22/h2-13,16-17,20,26H,14-15,18-19H2,1H3,(H,38,39). The number of carboxylic acids is 1. The van der Waals surface area contributed by atoms with Gasteiger partial charge in [0.15, 0.2) is 0 Å². The van der Waals surface area contributed by atoms with E-state index < -0.39 is 24.1 Å². The molecule has 8 nitrogen and oxygen atoms in total. The first-order chi connectivity index (χ1) is 20.7. The first-order valence-corrected chi connectivity index (χ1v) is 15.1. The lowest BCUT2D eigenvalue weighted by Gasteiger charge is -2.41. The Morgan fingerprint density at radius 3 is 2.35 bits per heavy atom. The third kappa shape index (κ3) is 7.19. The van der Waals surface area contributed by atoms with Crippen LogP contribution >= 0.6 is 34.5 Å². The van der Waals surface area contributed by atoms with E-state index in [1.165, 1.54) is 22.1 Å². The van der Waals surface area contributed by atoms with Gasteiger partial charge in [-0.1, -0.05) is 90.8 Å². The summed E-state index contributed by atoms with van der Waals surface area (Å²) in [5.41, 5.74) is 2.15. The monoisotopic (exact) mass is 638 g/mol. The number of hydroxylamine groups is 2. The zero-order valence-corrected chi connectivity index (χ0v) is 25.4. The number of hydrogen-bond acceptors (Lipinski definition) is 7. The van der Waals surface area contributed by atoms with Crippen LogP contribution in [0.25, 0.3) is 10.4 Å². The summed E-state index contributed by atoms with van der Waals surface area (Å²) >= 11 is 13.7. The molecule has 2 heterocycles. The lowest BCUT2D eigenvalue weighted by atomic mass is 9.92. The van der Waals surface area contributed by atoms with Crippen molar-refractivity contribution in [1.29, 1.82) is 0 Å². The Hall–Kier alpha value is -3.89. The van der Waals surface area contributed by atoms with Crippen LogP contribution in [-0.2, 0) is 16.2 Å². The minimum absolute atomic E-state index is 0.0349. The molecular weight excluding hydrogens is 611 g/mol. The number of anilines is 1. The van der Waals surface area contributed by atoms with Crippen molar-refractivity contribution < 1.29 is 29.1 Å². The van der Waals surface area contributed by atoms with Crippen LogP contribution in [0.15, 0.2) is 84.9 Å². The highest BCUT2D eigenvalue weighted by atomic mass is 35.5. The van der Waals surface area contributed by atoms with Crippen molar-refractivity contribution in [3.05, 3.63) is 111 Å². The SMILES string of the molecule is CC1CN(OC(=O)OCc2ccccc2)CCC1N(C(=O)c1ccc(Cl)cc1Cl)c1cc(-c2ccccc2)sc1C(=O)O. The Labute approximate surface area is 262 Å². The maximum Gasteiger partial charge on any atom is 0.528 e. The van der Waals surface area contributed by atoms with Crippen molar-refractivity contribution in [3.63, 3.8) is 0 Å². The lowest BCUT2D eigenvalue weighted by Crippen LogP contribution is -2.53. The molecule has 1 aliphatic heterocycles. The van der Waals surface area contributed by atoms with Crippen molar-refractivity contribution in [2.45, 2.75) is 26.0 Å². The normalized spacial score (nSPS) is 16.8. The second kappa shape index (κ2) is 13.6. The summed E-state index contributed by atoms with van der Waals surface area (Å²) in [5.74, 6) is -1.82. The molecule has 2 unspecified atom stereocenters. The van der Waals surface area contributed by atoms with E-state index in [1.54, 1.807) is 12.1 Å². The number of aromatic carboxylic acids is 1. The Morgan fingerprint density at radius 2 is 1.70 bits per heavy atom. The van der Waals surface area contributed by atoms with Gasteiger partial charge in [-0.25, -0.2) is 9.59 Å². The Kier molecular flexibility index (Phi) is 9.67. The predicted molar refractivity (Wildman–Crippen MR) is 167 cm³/mol. The molecule has 3 aromatic carbocycles. The molecule has 222 valence electrons. The van der Waals surface area contributed by atoms with Gasteiger partial charge in [-0.05, 0) is 47.7 Å². The van der Waals surface area contributed by atoms with Crippen LogP contribution in [0, 0.1) is 5.92 Å². The van der Waals surface area contributed by atoms with E-state index in [0.29, 0.717) is 29.4 Å². The molecule has 0 spiro atoms. The summed E-state index contributed by atoms with van der Waals surface area (Å²) in [4.78, 5) is 46.8. The van der Waals surface area contributed by atoms with Gasteiger partial charge in [-0.2, -0.15) is 0 Å². The second-order valence-corrected chi connectivity index (χ2v) is 12.0. The van der Waals surface area contributed by atoms with E-state index in [-0.39, 0.29) is 33.7 Å². The molecule has 11 heteroatoms. The van der Waals surface area contributed by atoms with Crippen LogP contribution < -0.4 is 4.90 Å². The molecule has 1 saturated heterocycles. The van der Waals surface area contributed by atoms with Crippen LogP contribution in [0.2, 0.25) is 10.0 Å². The fraction of sp³-hybridized carbons (Fsp3) is 0.219. The van der Waals surface area contributed by atoms with Gasteiger partial charge in [-0.3, -0.25) is 4.79 Å². The molecule has 0 aliphatic carbocycles. The molecule has 2 atom stereocenters. The molecule has 4 aromatic rings. The number of carboxylic acid groups (broad SMARTS) is 1. The van der Waals surface area contributed by atoms with Crippen molar-refractivity contribution >= 4 is 58.3 Å². The molecule has 0 radical (unpaired) electrons. The van der Waals surface area contributed by atoms with Gasteiger partial charge in [-0.15, -0.1) is 16.4 Å². The first-order valence-electron chi connectivity index (χ1n) is 13.6. The molecule has 0 bridgehead atoms. The maximum absolute atomic E-state index is 14.2. The number of carbonyl (C=O) groups excluding carboxylic acids is 2. The third-order valence-corrected chi connectivity index (χ3v) is 8.87. The summed E-state index contributed by atoms with van der Waals surface area (Å²) in [5, 5.41) is 12.2. The maximum atomic E-state index is 14.2. The number of piperidine rings is 1. The first kappa shape index (κ1) is 30.6. The van der Waals surface area contributed by atoms with E-state index in [1.807, 2.05) is 67.6 Å². The average Bonchev–Trinajstić information content (AvgIpc) is 3.44. The van der Waals surface area contributed by atoms with Crippen LogP contribution in [0.4, 0.5) is 10.5 Å². The zero-order chi connectivity index (χ0) is 30.5. The number of benzene rings is 3. The highest BCUT2D eigenvalue weighted by Gasteiger charge is 2.39. The van der Waals surface area contributed by atoms with Crippen LogP contribution in [-0.4, -0.2) is 47.3 Å². The van der Waals surface area contributed by atoms with Crippen molar-refractivity contribution in [3.8, 4) is 10.4 Å². The van der Waals surface area contributed by atoms with Crippen LogP contribution in [0.3, 0.4) is 0 Å². The molecule has 1 amide bonds. The van der Waals surface area contributed by atoms with E-state index in [4.69, 9.17) is 32.8 Å². The Bertz CT molecular complexity index is 1610. The van der Waals surface area contributed by atoms with E-state index in [9.17, 15) is 19.5 Å². The van der Waals surface area contributed by atoms with Crippen LogP contribution in [0.1, 0.15) is 38.9 Å². The second-order valence-electron chi connectivity index (χ2n) is 10.1. The van der Waals surface area contributed by atoms with Gasteiger partial charge in [0.25, 0.3) is 5.91 Å². The molecule has 1 N–H and O–H groups in total. The fourth-order valence-electron chi connectivity index (χ4n) is 5.10. The van der Waals surface area contributed by atoms with Crippen LogP contribution in [0.5, 0.6) is 0 Å². The van der Waals surface area contributed by atoms with Gasteiger partial charge in [0.05, 0.1) is 16.3 Å². The summed E-state index contributed by atoms with van der Waals surface area (Å²) in [7, 11) is 0. The number of thiophene rings is 1. The summed E-state index contributed by atoms with van der Waals surface area (Å²) < 4.78 is 5.26. The number of ether oxygens (including phenoxy) is 1. The highest BCUT2D eigenvalue weighted by molar-refractivity contribution is 7.18. The number of hydrogen-bond donors (Lipinski definition) is 1. The van der Waals surface area contributed by atoms with Gasteiger partial charge in [0.1, 0.15) is 11.5 Å². The molecular formula is C32H28Cl2N2O6S. The minimum Gasteiger partial charge on any atom is -0.477 e. The summed E-state index contributed by atoms with van der Waals surface area (Å²) in [6.45, 7) is 2.59. The van der Waals surface area contributed by atoms with Crippen molar-refractivity contribution in [2.75, 3.05) is 18.0 Å². The number of halogens is 2. The quantitative estimate of drug-likeness (QED) is 0.195. The topological polar surface area (TPSA) is 96.4 Å². The third-order valence-electron chi connectivity index (χ3n) is 7.16. The van der Waals surface area contributed by atoms with Gasteiger partial charge in [0.2, 0.25) is 0 Å². The molecule has 1 aromatic heterocycles. The number of nitrogens with zero attached hydrogens (tertiary/aromatic N) is 2.